The van der Waals surface area contributed by atoms with Crippen LogP contribution in [0.25, 0.3) is 0 Å². The first-order chi connectivity index (χ1) is 5.08. The van der Waals surface area contributed by atoms with E-state index in [9.17, 15) is 14.0 Å². The molecule has 0 aromatic heterocycles. The van der Waals surface area contributed by atoms with Crippen LogP contribution >= 0.6 is 0 Å². The van der Waals surface area contributed by atoms with Crippen molar-refractivity contribution < 1.29 is 27.6 Å². The molecule has 0 spiro atoms. The van der Waals surface area contributed by atoms with Gasteiger partial charge in [0.15, 0.2) is 0 Å². The van der Waals surface area contributed by atoms with E-state index in [0.29, 0.717) is 0 Å². The summed E-state index contributed by atoms with van der Waals surface area (Å²) in [6.45, 7) is 0. The Morgan fingerprint density at radius 1 is 1.09 bits per heavy atom. The summed E-state index contributed by atoms with van der Waals surface area (Å²) in [5, 5.41) is 0. The molecule has 1 unspecified atom stereocenters. The molecule has 1 heterocycles. The zero-order valence-corrected chi connectivity index (χ0v) is 7.77. The van der Waals surface area contributed by atoms with Crippen LogP contribution in [0.4, 0.5) is 0 Å². The van der Waals surface area contributed by atoms with Crippen LogP contribution in [0.2, 0.25) is 0 Å². The van der Waals surface area contributed by atoms with E-state index in [4.69, 9.17) is 0 Å². The Labute approximate surface area is 69.9 Å². The molecule has 0 aliphatic carbocycles. The monoisotopic (exact) mass is 244 g/mol. The van der Waals surface area contributed by atoms with Crippen LogP contribution in [-0.4, -0.2) is 18.7 Å². The predicted molar refractivity (Wildman–Crippen MR) is 31.2 cm³/mol. The molecule has 0 N–H and O–H groups in total. The van der Waals surface area contributed by atoms with Crippen molar-refractivity contribution in [3.63, 3.8) is 0 Å². The Morgan fingerprint density at radius 2 is 1.82 bits per heavy atom. The third-order valence-corrected chi connectivity index (χ3v) is 4.77. The maximum atomic E-state index is 10.0. The van der Waals surface area contributed by atoms with Gasteiger partial charge in [0.05, 0.1) is 0 Å². The fraction of sp³-hybridized carbons (Fsp3) is 0. The quantitative estimate of drug-likeness (QED) is 0.483. The first kappa shape index (κ1) is 9.09. The van der Waals surface area contributed by atoms with Gasteiger partial charge in [0, 0.05) is 0 Å². The summed E-state index contributed by atoms with van der Waals surface area (Å²) in [4.78, 5) is 3.17. The van der Waals surface area contributed by atoms with Gasteiger partial charge < -0.3 is 0 Å². The number of hydrogen-bond donors (Lipinski definition) is 0. The van der Waals surface area contributed by atoms with Crippen LogP contribution in [0.3, 0.4) is 0 Å². The Hall–Kier alpha value is -0.000519. The van der Waals surface area contributed by atoms with Crippen LogP contribution in [0.1, 0.15) is 0 Å². The molecule has 6 heteroatoms. The summed E-state index contributed by atoms with van der Waals surface area (Å²) in [6.07, 6.45) is 5.05. The van der Waals surface area contributed by atoms with Crippen molar-refractivity contribution >= 4 is 18.7 Å². The van der Waals surface area contributed by atoms with Gasteiger partial charge in [0.1, 0.15) is 0 Å². The molecule has 4 nitrogen and oxygen atoms in total. The standard InChI is InChI=1S/C5H5ClO4Se/c7-6(8,9)10-11-4-2-1-3-5-11/h1-5H. The number of rotatable bonds is 2. The summed E-state index contributed by atoms with van der Waals surface area (Å²) in [5.41, 5.74) is 0. The van der Waals surface area contributed by atoms with E-state index in [0.717, 1.165) is 0 Å². The van der Waals surface area contributed by atoms with Crippen molar-refractivity contribution in [2.24, 2.45) is 0 Å². The first-order valence-corrected chi connectivity index (χ1v) is 6.50. The molecule has 0 amide bonds. The second kappa shape index (κ2) is 3.60. The molecule has 0 radical (unpaired) electrons. The van der Waals surface area contributed by atoms with Gasteiger partial charge in [0.2, 0.25) is 0 Å². The van der Waals surface area contributed by atoms with Gasteiger partial charge in [-0.2, -0.15) is 0 Å². The molecule has 1 aliphatic rings. The van der Waals surface area contributed by atoms with Gasteiger partial charge in [-0.3, -0.25) is 0 Å². The Morgan fingerprint density at radius 3 is 2.27 bits per heavy atom. The Balaban J connectivity index is 2.58. The molecule has 0 bridgehead atoms. The van der Waals surface area contributed by atoms with E-state index in [2.05, 4.69) is 3.37 Å². The van der Waals surface area contributed by atoms with Crippen molar-refractivity contribution in [1.82, 2.24) is 0 Å². The van der Waals surface area contributed by atoms with Crippen molar-refractivity contribution in [3.8, 4) is 0 Å². The summed E-state index contributed by atoms with van der Waals surface area (Å²) in [6, 6.07) is 0. The van der Waals surface area contributed by atoms with Crippen LogP contribution in [-0.2, 0) is 3.37 Å². The van der Waals surface area contributed by atoms with Crippen molar-refractivity contribution in [1.29, 1.82) is 0 Å². The van der Waals surface area contributed by atoms with E-state index in [-0.39, 0.29) is 0 Å². The third kappa shape index (κ3) is 3.79. The van der Waals surface area contributed by atoms with Gasteiger partial charge in [-0.25, -0.2) is 0 Å². The molecule has 0 aromatic rings. The molecule has 0 saturated heterocycles. The number of allylic oxidation sites excluding steroid dienone is 3. The average Bonchev–Trinajstić information content (AvgIpc) is 1.85. The number of hydrogen-bond acceptors (Lipinski definition) is 4. The average molecular weight is 244 g/mol. The maximum absolute atomic E-state index is 10.0. The predicted octanol–water partition coefficient (Wildman–Crippen LogP) is -3.06. The third-order valence-electron chi connectivity index (χ3n) is 0.797. The zero-order valence-electron chi connectivity index (χ0n) is 5.31. The molecule has 1 aliphatic heterocycles. The van der Waals surface area contributed by atoms with Gasteiger partial charge in [-0.05, 0) is 0 Å². The zero-order chi connectivity index (χ0) is 8.32. The summed E-state index contributed by atoms with van der Waals surface area (Å²) < 4.78 is 34.3. The second-order valence-corrected chi connectivity index (χ2v) is 5.81. The molecule has 0 saturated carbocycles. The first-order valence-electron chi connectivity index (χ1n) is 2.59. The summed E-state index contributed by atoms with van der Waals surface area (Å²) in [5.74, 6) is 0. The molecule has 0 fully saturated rings. The number of halogens is 1. The normalized spacial score (nSPS) is 23.4. The van der Waals surface area contributed by atoms with Crippen molar-refractivity contribution in [2.75, 3.05) is 0 Å². The SMILES string of the molecule is [O-][Cl+3]([O-])([O-])O[Se]1=CC=CC=C1. The van der Waals surface area contributed by atoms with E-state index in [1.165, 1.54) is 0 Å². The van der Waals surface area contributed by atoms with E-state index in [1.54, 1.807) is 28.1 Å². The minimum absolute atomic E-state index is 1.59. The Bertz CT molecular complexity index is 227. The van der Waals surface area contributed by atoms with Crippen LogP contribution in [0, 0.1) is 10.2 Å². The van der Waals surface area contributed by atoms with Gasteiger partial charge >= 0.3 is 69.5 Å². The summed E-state index contributed by atoms with van der Waals surface area (Å²) >= 11 is -1.93. The fourth-order valence-electron chi connectivity index (χ4n) is 0.486. The van der Waals surface area contributed by atoms with Crippen LogP contribution < -0.4 is 14.0 Å². The molecule has 1 atom stereocenters. The molecular weight excluding hydrogens is 238 g/mol. The van der Waals surface area contributed by atoms with Crippen LogP contribution in [0.5, 0.6) is 0 Å². The van der Waals surface area contributed by atoms with Crippen LogP contribution in [0.15, 0.2) is 23.2 Å². The van der Waals surface area contributed by atoms with Gasteiger partial charge in [-0.1, -0.05) is 0 Å². The van der Waals surface area contributed by atoms with E-state index < -0.39 is 24.0 Å². The van der Waals surface area contributed by atoms with E-state index in [1.807, 2.05) is 0 Å². The minimum atomic E-state index is -4.27. The summed E-state index contributed by atoms with van der Waals surface area (Å²) in [7, 11) is -4.27. The molecular formula is C5H5ClO4Se. The van der Waals surface area contributed by atoms with Gasteiger partial charge in [0.25, 0.3) is 0 Å². The molecule has 1 rings (SSSR count). The second-order valence-electron chi connectivity index (χ2n) is 1.62. The van der Waals surface area contributed by atoms with Crippen molar-refractivity contribution in [2.45, 2.75) is 0 Å². The van der Waals surface area contributed by atoms with Crippen molar-refractivity contribution in [3.05, 3.63) is 23.2 Å². The molecule has 62 valence electrons. The molecule has 0 aromatic carbocycles. The van der Waals surface area contributed by atoms with E-state index >= 15 is 0 Å². The topological polar surface area (TPSA) is 78.4 Å². The Kier molecular flexibility index (Phi) is 2.97. The molecule has 11 heavy (non-hydrogen) atoms. The van der Waals surface area contributed by atoms with Gasteiger partial charge in [-0.15, -0.1) is 0 Å². The fourth-order valence-corrected chi connectivity index (χ4v) is 3.62.